The molecule has 0 bridgehead atoms. The van der Waals surface area contributed by atoms with Gasteiger partial charge in [0, 0.05) is 19.3 Å². The van der Waals surface area contributed by atoms with E-state index in [1.807, 2.05) is 6.08 Å². The van der Waals surface area contributed by atoms with E-state index in [-0.39, 0.29) is 31.6 Å². The van der Waals surface area contributed by atoms with Crippen LogP contribution >= 0.6 is 0 Å². The van der Waals surface area contributed by atoms with E-state index >= 15 is 0 Å². The maximum absolute atomic E-state index is 12.8. The second-order valence-corrected chi connectivity index (χ2v) is 18.8. The maximum Gasteiger partial charge on any atom is 0.306 e. The third kappa shape index (κ3) is 53.5. The Morgan fingerprint density at radius 1 is 0.309 bits per heavy atom. The first-order valence-corrected chi connectivity index (χ1v) is 28.6. The quantitative estimate of drug-likeness (QED) is 0.0262. The molecule has 6 nitrogen and oxygen atoms in total. The van der Waals surface area contributed by atoms with Crippen molar-refractivity contribution in [3.8, 4) is 0 Å². The molecule has 0 aliphatic rings. The second-order valence-electron chi connectivity index (χ2n) is 18.8. The Balaban J connectivity index is 4.40. The number of allylic oxidation sites excluding steroid dienone is 14. The first-order chi connectivity index (χ1) is 33.5. The molecule has 0 aromatic rings. The SMILES string of the molecule is CC/C=C\C/C=C\C/C=C\C/C=C\C/C=C\C/C=C\CCC(=O)OC(COC(=O)CCCCCCCCCCCC)COC(=O)CCCCCCCCCCC/C=C\CCCCCCCCCC. The maximum atomic E-state index is 12.8. The molecule has 0 radical (unpaired) electrons. The molecule has 68 heavy (non-hydrogen) atoms. The average molecular weight is 948 g/mol. The number of hydrogen-bond donors (Lipinski definition) is 0. The van der Waals surface area contributed by atoms with E-state index in [1.54, 1.807) is 0 Å². The van der Waals surface area contributed by atoms with Crippen molar-refractivity contribution in [3.63, 3.8) is 0 Å². The lowest BCUT2D eigenvalue weighted by Gasteiger charge is -2.18. The molecule has 0 aromatic heterocycles. The van der Waals surface area contributed by atoms with Crippen LogP contribution in [-0.4, -0.2) is 37.2 Å². The van der Waals surface area contributed by atoms with Gasteiger partial charge in [0.15, 0.2) is 6.10 Å². The van der Waals surface area contributed by atoms with Gasteiger partial charge in [0.05, 0.1) is 0 Å². The van der Waals surface area contributed by atoms with Crippen molar-refractivity contribution in [2.24, 2.45) is 0 Å². The molecule has 6 heteroatoms. The standard InChI is InChI=1S/C62H106O6/c1-4-7-10-13-16-19-22-24-26-28-30-31-33-34-36-38-40-43-46-49-52-55-61(64)67-58-59(57-66-60(63)54-51-48-45-42-21-18-15-12-9-6-3)68-62(65)56-53-50-47-44-41-39-37-35-32-29-27-25-23-20-17-14-11-8-5-2/h8,11,17,20,25,27-28,30,32,35,39,41,47,50,59H,4-7,9-10,12-16,18-19,21-24,26,29,31,33-34,36-38,40,42-46,48-49,51-58H2,1-3H3/b11-8-,20-17-,27-25-,30-28-,35-32-,41-39-,50-47-. The largest absolute Gasteiger partial charge is 0.462 e. The number of ether oxygens (including phenoxy) is 3. The lowest BCUT2D eigenvalue weighted by atomic mass is 10.1. The summed E-state index contributed by atoms with van der Waals surface area (Å²) in [5, 5.41) is 0. The summed E-state index contributed by atoms with van der Waals surface area (Å²) < 4.78 is 16.8. The third-order valence-electron chi connectivity index (χ3n) is 12.1. The van der Waals surface area contributed by atoms with Crippen LogP contribution in [0.25, 0.3) is 0 Å². The van der Waals surface area contributed by atoms with Crippen molar-refractivity contribution >= 4 is 17.9 Å². The Morgan fingerprint density at radius 3 is 0.956 bits per heavy atom. The van der Waals surface area contributed by atoms with Crippen molar-refractivity contribution in [2.75, 3.05) is 13.2 Å². The van der Waals surface area contributed by atoms with E-state index in [0.29, 0.717) is 19.3 Å². The van der Waals surface area contributed by atoms with Gasteiger partial charge < -0.3 is 14.2 Å². The van der Waals surface area contributed by atoms with Gasteiger partial charge in [-0.1, -0.05) is 254 Å². The second kappa shape index (κ2) is 56.2. The molecule has 390 valence electrons. The first kappa shape index (κ1) is 64.6. The van der Waals surface area contributed by atoms with Crippen LogP contribution in [0.15, 0.2) is 85.1 Å². The number of rotatable bonds is 51. The Labute approximate surface area is 420 Å². The topological polar surface area (TPSA) is 78.9 Å². The highest BCUT2D eigenvalue weighted by molar-refractivity contribution is 5.71. The number of carbonyl (C=O) groups excluding carboxylic acids is 3. The third-order valence-corrected chi connectivity index (χ3v) is 12.1. The zero-order chi connectivity index (χ0) is 49.3. The fraction of sp³-hybridized carbons (Fsp3) is 0.726. The highest BCUT2D eigenvalue weighted by Crippen LogP contribution is 2.15. The molecule has 1 atom stereocenters. The number of carbonyl (C=O) groups is 3. The lowest BCUT2D eigenvalue weighted by Crippen LogP contribution is -2.30. The van der Waals surface area contributed by atoms with E-state index in [1.165, 1.54) is 148 Å². The highest BCUT2D eigenvalue weighted by atomic mass is 16.6. The Bertz CT molecular complexity index is 1320. The van der Waals surface area contributed by atoms with Gasteiger partial charge in [-0.05, 0) is 83.5 Å². The molecular formula is C62H106O6. The molecule has 0 fully saturated rings. The molecule has 0 saturated heterocycles. The average Bonchev–Trinajstić information content (AvgIpc) is 3.34. The van der Waals surface area contributed by atoms with Crippen LogP contribution in [0.5, 0.6) is 0 Å². The minimum atomic E-state index is -0.816. The fourth-order valence-corrected chi connectivity index (χ4v) is 7.88. The van der Waals surface area contributed by atoms with Crippen LogP contribution in [0.4, 0.5) is 0 Å². The molecule has 0 aliphatic heterocycles. The minimum Gasteiger partial charge on any atom is -0.462 e. The number of esters is 3. The summed E-state index contributed by atoms with van der Waals surface area (Å²) >= 11 is 0. The van der Waals surface area contributed by atoms with Gasteiger partial charge in [0.25, 0.3) is 0 Å². The van der Waals surface area contributed by atoms with Gasteiger partial charge in [-0.2, -0.15) is 0 Å². The number of unbranched alkanes of at least 4 members (excludes halogenated alkanes) is 26. The summed E-state index contributed by atoms with van der Waals surface area (Å²) in [5.74, 6) is -0.989. The zero-order valence-electron chi connectivity index (χ0n) is 44.6. The van der Waals surface area contributed by atoms with Crippen LogP contribution in [0.1, 0.15) is 271 Å². The molecule has 0 N–H and O–H groups in total. The molecule has 0 aromatic carbocycles. The normalized spacial score (nSPS) is 12.7. The van der Waals surface area contributed by atoms with E-state index in [9.17, 15) is 14.4 Å². The molecule has 0 amide bonds. The smallest absolute Gasteiger partial charge is 0.306 e. The van der Waals surface area contributed by atoms with E-state index in [4.69, 9.17) is 14.2 Å². The van der Waals surface area contributed by atoms with Crippen LogP contribution in [-0.2, 0) is 28.6 Å². The van der Waals surface area contributed by atoms with Crippen molar-refractivity contribution in [1.82, 2.24) is 0 Å². The van der Waals surface area contributed by atoms with Crippen molar-refractivity contribution < 1.29 is 28.6 Å². The van der Waals surface area contributed by atoms with Crippen molar-refractivity contribution in [2.45, 2.75) is 277 Å². The van der Waals surface area contributed by atoms with Crippen LogP contribution < -0.4 is 0 Å². The highest BCUT2D eigenvalue weighted by Gasteiger charge is 2.19. The molecule has 0 saturated carbocycles. The Kier molecular flexibility index (Phi) is 53.4. The van der Waals surface area contributed by atoms with Crippen molar-refractivity contribution in [3.05, 3.63) is 85.1 Å². The van der Waals surface area contributed by atoms with Crippen LogP contribution in [0, 0.1) is 0 Å². The van der Waals surface area contributed by atoms with E-state index < -0.39 is 12.1 Å². The molecule has 1 unspecified atom stereocenters. The predicted molar refractivity (Wildman–Crippen MR) is 293 cm³/mol. The number of hydrogen-bond acceptors (Lipinski definition) is 6. The van der Waals surface area contributed by atoms with Crippen LogP contribution in [0.3, 0.4) is 0 Å². The van der Waals surface area contributed by atoms with Gasteiger partial charge >= 0.3 is 17.9 Å². The van der Waals surface area contributed by atoms with Crippen LogP contribution in [0.2, 0.25) is 0 Å². The summed E-state index contributed by atoms with van der Waals surface area (Å²) in [6, 6.07) is 0. The monoisotopic (exact) mass is 947 g/mol. The van der Waals surface area contributed by atoms with Gasteiger partial charge in [-0.15, -0.1) is 0 Å². The van der Waals surface area contributed by atoms with Gasteiger partial charge in [0.2, 0.25) is 0 Å². The van der Waals surface area contributed by atoms with Crippen molar-refractivity contribution in [1.29, 1.82) is 0 Å². The Morgan fingerprint density at radius 2 is 0.603 bits per heavy atom. The van der Waals surface area contributed by atoms with E-state index in [0.717, 1.165) is 77.0 Å². The summed E-state index contributed by atoms with van der Waals surface area (Å²) in [4.78, 5) is 38.0. The fourth-order valence-electron chi connectivity index (χ4n) is 7.88. The minimum absolute atomic E-state index is 0.106. The van der Waals surface area contributed by atoms with Gasteiger partial charge in [0.1, 0.15) is 13.2 Å². The lowest BCUT2D eigenvalue weighted by molar-refractivity contribution is -0.166. The molecule has 0 heterocycles. The molecule has 0 rings (SSSR count). The summed E-state index contributed by atoms with van der Waals surface area (Å²) in [7, 11) is 0. The zero-order valence-corrected chi connectivity index (χ0v) is 44.6. The Hall–Kier alpha value is -3.41. The molecule has 0 spiro atoms. The van der Waals surface area contributed by atoms with E-state index in [2.05, 4.69) is 99.8 Å². The molecule has 0 aliphatic carbocycles. The summed E-state index contributed by atoms with van der Waals surface area (Å²) in [6.07, 6.45) is 73.1. The first-order valence-electron chi connectivity index (χ1n) is 28.6. The molecular weight excluding hydrogens is 841 g/mol. The predicted octanol–water partition coefficient (Wildman–Crippen LogP) is 19.2. The summed E-state index contributed by atoms with van der Waals surface area (Å²) in [5.41, 5.74) is 0. The van der Waals surface area contributed by atoms with Gasteiger partial charge in [-0.3, -0.25) is 14.4 Å². The van der Waals surface area contributed by atoms with Gasteiger partial charge in [-0.25, -0.2) is 0 Å². The summed E-state index contributed by atoms with van der Waals surface area (Å²) in [6.45, 7) is 6.46.